The Hall–Kier alpha value is -2.29. The highest BCUT2D eigenvalue weighted by Crippen LogP contribution is 2.56. The van der Waals surface area contributed by atoms with E-state index in [0.717, 1.165) is 6.92 Å². The summed E-state index contributed by atoms with van der Waals surface area (Å²) in [5.74, 6) is -6.16. The van der Waals surface area contributed by atoms with Gasteiger partial charge in [-0.1, -0.05) is 33.8 Å². The van der Waals surface area contributed by atoms with Crippen LogP contribution in [0.2, 0.25) is 0 Å². The fourth-order valence-corrected chi connectivity index (χ4v) is 9.27. The van der Waals surface area contributed by atoms with Gasteiger partial charge in [0.15, 0.2) is 17.7 Å². The molecule has 1 N–H and O–H groups in total. The van der Waals surface area contributed by atoms with Gasteiger partial charge in [-0.2, -0.15) is 0 Å². The molecule has 0 aromatic rings. The van der Waals surface area contributed by atoms with Crippen LogP contribution in [0.3, 0.4) is 0 Å². The first-order valence-electron chi connectivity index (χ1n) is 17.4. The number of rotatable bonds is 7. The zero-order chi connectivity index (χ0) is 37.0. The summed E-state index contributed by atoms with van der Waals surface area (Å²) in [7, 11) is 5.06. The summed E-state index contributed by atoms with van der Waals surface area (Å²) in [6, 6.07) is -1.19. The second kappa shape index (κ2) is 14.0. The predicted octanol–water partition coefficient (Wildman–Crippen LogP) is 2.88. The summed E-state index contributed by atoms with van der Waals surface area (Å²) >= 11 is 0. The Morgan fingerprint density at radius 2 is 1.73 bits per heavy atom. The molecule has 0 bridgehead atoms. The van der Waals surface area contributed by atoms with E-state index in [-0.39, 0.29) is 37.3 Å². The lowest BCUT2D eigenvalue weighted by atomic mass is 9.62. The Balaban J connectivity index is 1.88. The van der Waals surface area contributed by atoms with Crippen LogP contribution in [0, 0.1) is 23.2 Å². The van der Waals surface area contributed by atoms with Crippen LogP contribution in [0.25, 0.3) is 0 Å². The number of aliphatic hydroxyl groups is 1. The molecule has 3 unspecified atom stereocenters. The SMILES string of the molecule is C=CCN1CC2(C)C(=O)[C@H](C)C[C@](C)(OC)[C@H](O[C@@H]3O[C@H](C)C[C@H](N(C)C)[C@H]3O)[C@@H](C)C(=O)[C@](C)(F)C(=O)O[C@H](CC)[C@@]3(C)OC(=O)C1C23. The van der Waals surface area contributed by atoms with E-state index in [0.29, 0.717) is 13.0 Å². The molecule has 4 rings (SSSR count). The highest BCUT2D eigenvalue weighted by Gasteiger charge is 2.71. The van der Waals surface area contributed by atoms with Gasteiger partial charge in [-0.05, 0) is 61.1 Å². The van der Waals surface area contributed by atoms with E-state index in [4.69, 9.17) is 23.7 Å². The van der Waals surface area contributed by atoms with Crippen molar-refractivity contribution in [3.05, 3.63) is 12.7 Å². The molecule has 4 aliphatic rings. The largest absolute Gasteiger partial charge is 0.455 e. The zero-order valence-electron chi connectivity index (χ0n) is 31.0. The second-order valence-electron chi connectivity index (χ2n) is 15.7. The Kier molecular flexibility index (Phi) is 11.3. The molecule has 0 saturated carbocycles. The molecule has 4 heterocycles. The third kappa shape index (κ3) is 6.64. The number of alkyl halides is 1. The van der Waals surface area contributed by atoms with Crippen molar-refractivity contribution >= 4 is 23.5 Å². The number of ketones is 2. The number of likely N-dealkylation sites (N-methyl/N-ethyl adjacent to an activating group) is 1. The number of hydrogen-bond donors (Lipinski definition) is 1. The summed E-state index contributed by atoms with van der Waals surface area (Å²) in [6.07, 6.45) is -2.86. The Labute approximate surface area is 289 Å². The van der Waals surface area contributed by atoms with E-state index in [1.165, 1.54) is 14.0 Å². The van der Waals surface area contributed by atoms with Crippen molar-refractivity contribution in [3.63, 3.8) is 0 Å². The molecule has 0 radical (unpaired) electrons. The van der Waals surface area contributed by atoms with Gasteiger partial charge in [0.1, 0.15) is 24.0 Å². The first-order chi connectivity index (χ1) is 22.6. The van der Waals surface area contributed by atoms with E-state index in [1.807, 2.05) is 30.8 Å². The predicted molar refractivity (Wildman–Crippen MR) is 177 cm³/mol. The first kappa shape index (κ1) is 39.5. The number of methoxy groups -OCH3 is 1. The summed E-state index contributed by atoms with van der Waals surface area (Å²) in [5.41, 5.74) is -7.27. The van der Waals surface area contributed by atoms with E-state index in [2.05, 4.69) is 6.58 Å². The minimum atomic E-state index is -3.15. The highest BCUT2D eigenvalue weighted by atomic mass is 19.1. The molecular weight excluding hydrogens is 639 g/mol. The fourth-order valence-electron chi connectivity index (χ4n) is 9.27. The minimum absolute atomic E-state index is 0.0186. The molecule has 12 nitrogen and oxygen atoms in total. The number of aliphatic hydroxyl groups excluding tert-OH is 1. The second-order valence-corrected chi connectivity index (χ2v) is 15.7. The summed E-state index contributed by atoms with van der Waals surface area (Å²) < 4.78 is 47.1. The van der Waals surface area contributed by atoms with Gasteiger partial charge in [0.2, 0.25) is 0 Å². The Morgan fingerprint density at radius 3 is 2.29 bits per heavy atom. The quantitative estimate of drug-likeness (QED) is 0.238. The van der Waals surface area contributed by atoms with Crippen molar-refractivity contribution in [1.29, 1.82) is 0 Å². The summed E-state index contributed by atoms with van der Waals surface area (Å²) in [4.78, 5) is 60.0. The normalized spacial score (nSPS) is 47.1. The van der Waals surface area contributed by atoms with Crippen LogP contribution in [0.5, 0.6) is 0 Å². The maximum absolute atomic E-state index is 16.7. The standard InChI is InChI=1S/C36H57FN2O10/c1-13-15-39-18-33(6)26-24(39)30(43)49-36(26,9)23(14-2)47-32(44)35(8,37)28(42)21(5)29(34(7,45-12)17-19(3)27(33)41)48-31-25(40)22(38(10)11)16-20(4)46-31/h13,19-26,29,31,40H,1,14-18H2,2-12H3/t19-,20-,21+,22+,23-,24?,25-,26?,29-,31+,33?,34+,35+,36-/m1/s1. The fraction of sp³-hybridized carbons (Fsp3) is 0.833. The molecule has 278 valence electrons. The number of ether oxygens (including phenoxy) is 5. The van der Waals surface area contributed by atoms with Crippen LogP contribution in [0.1, 0.15) is 74.7 Å². The van der Waals surface area contributed by atoms with E-state index in [9.17, 15) is 24.3 Å². The van der Waals surface area contributed by atoms with Crippen LogP contribution in [0.15, 0.2) is 12.7 Å². The maximum atomic E-state index is 16.7. The van der Waals surface area contributed by atoms with Crippen molar-refractivity contribution in [2.45, 2.75) is 134 Å². The number of esters is 2. The molecule has 14 atom stereocenters. The number of carbonyl (C=O) groups is 4. The third-order valence-corrected chi connectivity index (χ3v) is 11.8. The van der Waals surface area contributed by atoms with E-state index < -0.39 is 88.4 Å². The van der Waals surface area contributed by atoms with Gasteiger partial charge in [0.25, 0.3) is 5.67 Å². The lowest BCUT2D eigenvalue weighted by molar-refractivity contribution is -0.295. The molecule has 0 amide bonds. The van der Waals surface area contributed by atoms with E-state index >= 15 is 4.39 Å². The van der Waals surface area contributed by atoms with Crippen molar-refractivity contribution in [3.8, 4) is 0 Å². The van der Waals surface area contributed by atoms with Crippen LogP contribution in [-0.2, 0) is 42.9 Å². The molecule has 0 aromatic heterocycles. The summed E-state index contributed by atoms with van der Waals surface area (Å²) in [6.45, 7) is 17.0. The molecular formula is C36H57FN2O10. The minimum Gasteiger partial charge on any atom is -0.455 e. The molecule has 4 saturated heterocycles. The van der Waals surface area contributed by atoms with Crippen LogP contribution < -0.4 is 0 Å². The molecule has 49 heavy (non-hydrogen) atoms. The van der Waals surface area contributed by atoms with Crippen molar-refractivity contribution < 1.29 is 52.4 Å². The zero-order valence-corrected chi connectivity index (χ0v) is 31.0. The molecule has 4 aliphatic heterocycles. The number of cyclic esters (lactones) is 1. The van der Waals surface area contributed by atoms with Crippen LogP contribution >= 0.6 is 0 Å². The number of halogens is 1. The molecule has 4 fully saturated rings. The maximum Gasteiger partial charge on any atom is 0.351 e. The van der Waals surface area contributed by atoms with Gasteiger partial charge in [-0.25, -0.2) is 9.18 Å². The number of Topliss-reactive ketones (excluding diaryl/α,β-unsaturated/α-hetero) is 2. The molecule has 0 spiro atoms. The van der Waals surface area contributed by atoms with Gasteiger partial charge >= 0.3 is 11.9 Å². The van der Waals surface area contributed by atoms with Gasteiger partial charge in [0.05, 0.1) is 17.8 Å². The van der Waals surface area contributed by atoms with Crippen LogP contribution in [0.4, 0.5) is 4.39 Å². The smallest absolute Gasteiger partial charge is 0.351 e. The van der Waals surface area contributed by atoms with Crippen molar-refractivity contribution in [1.82, 2.24) is 9.80 Å². The van der Waals surface area contributed by atoms with Crippen molar-refractivity contribution in [2.24, 2.45) is 23.2 Å². The van der Waals surface area contributed by atoms with E-state index in [1.54, 1.807) is 40.7 Å². The Morgan fingerprint density at radius 1 is 1.10 bits per heavy atom. The van der Waals surface area contributed by atoms with Crippen molar-refractivity contribution in [2.75, 3.05) is 34.3 Å². The highest BCUT2D eigenvalue weighted by molar-refractivity contribution is 6.08. The lowest BCUT2D eigenvalue weighted by Crippen LogP contribution is -2.61. The molecule has 13 heteroatoms. The number of hydrogen-bond acceptors (Lipinski definition) is 12. The van der Waals surface area contributed by atoms with Gasteiger partial charge in [0, 0.05) is 49.4 Å². The topological polar surface area (TPSA) is 141 Å². The monoisotopic (exact) mass is 696 g/mol. The average molecular weight is 697 g/mol. The van der Waals surface area contributed by atoms with Gasteiger partial charge < -0.3 is 33.7 Å². The number of nitrogens with zero attached hydrogens (tertiary/aromatic N) is 2. The lowest BCUT2D eigenvalue weighted by Gasteiger charge is -2.48. The van der Waals surface area contributed by atoms with Gasteiger partial charge in [-0.15, -0.1) is 6.58 Å². The molecule has 0 aliphatic carbocycles. The van der Waals surface area contributed by atoms with Gasteiger partial charge in [-0.3, -0.25) is 19.3 Å². The third-order valence-electron chi connectivity index (χ3n) is 11.8. The number of carbonyl (C=O) groups excluding carboxylic acids is 4. The first-order valence-corrected chi connectivity index (χ1v) is 17.4. The average Bonchev–Trinajstić information content (AvgIpc) is 3.50. The number of likely N-dealkylation sites (tertiary alicyclic amines) is 1. The summed E-state index contributed by atoms with van der Waals surface area (Å²) in [5, 5.41) is 11.4. The molecule has 0 aromatic carbocycles. The van der Waals surface area contributed by atoms with Crippen LogP contribution in [-0.4, -0.2) is 132 Å². The Bertz CT molecular complexity index is 1310.